The highest BCUT2D eigenvalue weighted by atomic mass is 16.5. The number of ether oxygens (including phenoxy) is 1. The molecule has 0 amide bonds. The second-order valence-electron chi connectivity index (χ2n) is 6.96. The van der Waals surface area contributed by atoms with Gasteiger partial charge in [-0.3, -0.25) is 9.13 Å². The first-order chi connectivity index (χ1) is 12.6. The number of fused-ring (bicyclic) bond motifs is 1. The largest absolute Gasteiger partial charge is 0.493 e. The summed E-state index contributed by atoms with van der Waals surface area (Å²) >= 11 is 0. The summed E-state index contributed by atoms with van der Waals surface area (Å²) in [6.07, 6.45) is 3.57. The Hall–Kier alpha value is -2.21. The molecule has 2 N–H and O–H groups in total. The highest BCUT2D eigenvalue weighted by molar-refractivity contribution is 5.38. The Kier molecular flexibility index (Phi) is 6.04. The van der Waals surface area contributed by atoms with Gasteiger partial charge in [0.05, 0.1) is 5.69 Å². The smallest absolute Gasteiger partial charge is 0.331 e. The molecular formula is C20H29N3O3. The summed E-state index contributed by atoms with van der Waals surface area (Å²) in [6, 6.07) is 6.10. The maximum atomic E-state index is 12.2. The molecule has 0 radical (unpaired) electrons. The number of benzene rings is 1. The van der Waals surface area contributed by atoms with E-state index in [4.69, 9.17) is 4.74 Å². The lowest BCUT2D eigenvalue weighted by Crippen LogP contribution is -2.25. The number of rotatable bonds is 9. The average molecular weight is 359 g/mol. The minimum Gasteiger partial charge on any atom is -0.493 e. The Morgan fingerprint density at radius 1 is 1.23 bits per heavy atom. The molecule has 0 bridgehead atoms. The van der Waals surface area contributed by atoms with Crippen LogP contribution in [0.25, 0.3) is 0 Å². The summed E-state index contributed by atoms with van der Waals surface area (Å²) in [5.41, 5.74) is 3.17. The second kappa shape index (κ2) is 8.45. The van der Waals surface area contributed by atoms with Gasteiger partial charge in [0.1, 0.15) is 12.4 Å². The Morgan fingerprint density at radius 3 is 2.88 bits per heavy atom. The van der Waals surface area contributed by atoms with Crippen molar-refractivity contribution in [1.29, 1.82) is 0 Å². The maximum Gasteiger partial charge on any atom is 0.331 e. The number of unbranched alkanes of at least 4 members (excludes halogenated alkanes) is 1. The van der Waals surface area contributed by atoms with Crippen molar-refractivity contribution in [2.45, 2.75) is 52.6 Å². The van der Waals surface area contributed by atoms with Crippen LogP contribution in [0.1, 0.15) is 36.1 Å². The van der Waals surface area contributed by atoms with E-state index in [1.807, 2.05) is 12.1 Å². The lowest BCUT2D eigenvalue weighted by molar-refractivity contribution is 0.311. The van der Waals surface area contributed by atoms with E-state index in [0.717, 1.165) is 56.8 Å². The maximum absolute atomic E-state index is 12.2. The molecule has 2 heterocycles. The van der Waals surface area contributed by atoms with Crippen LogP contribution < -0.4 is 15.7 Å². The first kappa shape index (κ1) is 18.6. The van der Waals surface area contributed by atoms with Crippen molar-refractivity contribution in [3.05, 3.63) is 45.5 Å². The van der Waals surface area contributed by atoms with E-state index in [1.54, 1.807) is 4.57 Å². The number of imidazole rings is 1. The molecule has 142 valence electrons. The molecule has 0 saturated carbocycles. The Bertz CT molecular complexity index is 807. The molecule has 3 rings (SSSR count). The highest BCUT2D eigenvalue weighted by Crippen LogP contribution is 2.23. The SMILES string of the molecule is Cc1cccc(OCCNCCCCn2c(O)c3n(c2=O)CCC3)c1C. The van der Waals surface area contributed by atoms with Gasteiger partial charge >= 0.3 is 5.69 Å². The van der Waals surface area contributed by atoms with Crippen LogP contribution in [0.3, 0.4) is 0 Å². The summed E-state index contributed by atoms with van der Waals surface area (Å²) < 4.78 is 9.03. The molecule has 1 aromatic carbocycles. The average Bonchev–Trinajstić information content (AvgIpc) is 3.19. The monoisotopic (exact) mass is 359 g/mol. The van der Waals surface area contributed by atoms with Crippen LogP contribution in [0.5, 0.6) is 11.6 Å². The summed E-state index contributed by atoms with van der Waals surface area (Å²) in [5.74, 6) is 1.12. The fourth-order valence-electron chi connectivity index (χ4n) is 3.47. The van der Waals surface area contributed by atoms with Crippen molar-refractivity contribution in [3.63, 3.8) is 0 Å². The first-order valence-electron chi connectivity index (χ1n) is 9.50. The second-order valence-corrected chi connectivity index (χ2v) is 6.96. The zero-order valence-corrected chi connectivity index (χ0v) is 15.8. The van der Waals surface area contributed by atoms with Gasteiger partial charge in [0.2, 0.25) is 5.88 Å². The van der Waals surface area contributed by atoms with E-state index < -0.39 is 0 Å². The van der Waals surface area contributed by atoms with Crippen LogP contribution in [0.2, 0.25) is 0 Å². The number of hydrogen-bond acceptors (Lipinski definition) is 4. The molecule has 1 aliphatic heterocycles. The van der Waals surface area contributed by atoms with Gasteiger partial charge in [-0.15, -0.1) is 0 Å². The molecule has 0 spiro atoms. The Morgan fingerprint density at radius 2 is 2.08 bits per heavy atom. The van der Waals surface area contributed by atoms with Crippen LogP contribution in [-0.4, -0.2) is 33.9 Å². The van der Waals surface area contributed by atoms with Crippen molar-refractivity contribution in [2.75, 3.05) is 19.7 Å². The quantitative estimate of drug-likeness (QED) is 0.675. The third-order valence-corrected chi connectivity index (χ3v) is 5.17. The van der Waals surface area contributed by atoms with Gasteiger partial charge in [0.15, 0.2) is 0 Å². The number of nitrogens with one attached hydrogen (secondary N) is 1. The molecule has 1 aliphatic rings. The summed E-state index contributed by atoms with van der Waals surface area (Å²) in [6.45, 7) is 7.77. The van der Waals surface area contributed by atoms with Crippen LogP contribution in [0, 0.1) is 13.8 Å². The van der Waals surface area contributed by atoms with Crippen LogP contribution in [-0.2, 0) is 19.5 Å². The van der Waals surface area contributed by atoms with Crippen LogP contribution >= 0.6 is 0 Å². The zero-order valence-electron chi connectivity index (χ0n) is 15.8. The molecule has 0 saturated heterocycles. The lowest BCUT2D eigenvalue weighted by Gasteiger charge is -2.11. The van der Waals surface area contributed by atoms with Crippen LogP contribution in [0.15, 0.2) is 23.0 Å². The number of hydrogen-bond donors (Lipinski definition) is 2. The van der Waals surface area contributed by atoms with Crippen molar-refractivity contribution in [1.82, 2.24) is 14.5 Å². The topological polar surface area (TPSA) is 68.4 Å². The van der Waals surface area contributed by atoms with Gasteiger partial charge in [0, 0.05) is 19.6 Å². The molecule has 1 aromatic heterocycles. The van der Waals surface area contributed by atoms with Gasteiger partial charge < -0.3 is 15.2 Å². The molecule has 0 unspecified atom stereocenters. The van der Waals surface area contributed by atoms with Gasteiger partial charge in [-0.1, -0.05) is 12.1 Å². The van der Waals surface area contributed by atoms with Crippen molar-refractivity contribution < 1.29 is 9.84 Å². The van der Waals surface area contributed by atoms with E-state index >= 15 is 0 Å². The van der Waals surface area contributed by atoms with Crippen molar-refractivity contribution in [2.24, 2.45) is 0 Å². The van der Waals surface area contributed by atoms with E-state index in [-0.39, 0.29) is 11.6 Å². The minimum absolute atomic E-state index is 0.0649. The Labute approximate surface area is 154 Å². The van der Waals surface area contributed by atoms with E-state index in [2.05, 4.69) is 25.2 Å². The van der Waals surface area contributed by atoms with E-state index in [1.165, 1.54) is 15.7 Å². The standard InChI is InChI=1S/C20H29N3O3/c1-15-7-5-9-18(16(15)2)26-14-11-21-10-3-4-12-23-19(24)17-8-6-13-22(17)20(23)25/h5,7,9,21,24H,3-4,6,8,10-14H2,1-2H3. The molecule has 6 heteroatoms. The van der Waals surface area contributed by atoms with Gasteiger partial charge in [-0.05, 0) is 63.3 Å². The molecule has 6 nitrogen and oxygen atoms in total. The Balaban J connectivity index is 1.32. The summed E-state index contributed by atoms with van der Waals surface area (Å²) in [7, 11) is 0. The fourth-order valence-corrected chi connectivity index (χ4v) is 3.47. The summed E-state index contributed by atoms with van der Waals surface area (Å²) in [5, 5.41) is 13.5. The third-order valence-electron chi connectivity index (χ3n) is 5.17. The van der Waals surface area contributed by atoms with E-state index in [9.17, 15) is 9.90 Å². The predicted molar refractivity (Wildman–Crippen MR) is 102 cm³/mol. The predicted octanol–water partition coefficient (Wildman–Crippen LogP) is 2.37. The highest BCUT2D eigenvalue weighted by Gasteiger charge is 2.22. The molecule has 0 aliphatic carbocycles. The lowest BCUT2D eigenvalue weighted by atomic mass is 10.1. The van der Waals surface area contributed by atoms with Gasteiger partial charge in [0.25, 0.3) is 0 Å². The number of aryl methyl sites for hydroxylation is 1. The van der Waals surface area contributed by atoms with E-state index in [0.29, 0.717) is 13.2 Å². The molecular weight excluding hydrogens is 330 g/mol. The normalized spacial score (nSPS) is 13.2. The first-order valence-corrected chi connectivity index (χ1v) is 9.50. The van der Waals surface area contributed by atoms with Crippen molar-refractivity contribution >= 4 is 0 Å². The number of aromatic hydroxyl groups is 1. The van der Waals surface area contributed by atoms with Gasteiger partial charge in [-0.25, -0.2) is 4.79 Å². The zero-order chi connectivity index (χ0) is 18.5. The van der Waals surface area contributed by atoms with Crippen molar-refractivity contribution in [3.8, 4) is 11.6 Å². The summed E-state index contributed by atoms with van der Waals surface area (Å²) in [4.78, 5) is 12.2. The fraction of sp³-hybridized carbons (Fsp3) is 0.550. The third kappa shape index (κ3) is 3.96. The number of nitrogens with zero attached hydrogens (tertiary/aromatic N) is 2. The molecule has 0 atom stereocenters. The molecule has 0 fully saturated rings. The molecule has 26 heavy (non-hydrogen) atoms. The minimum atomic E-state index is -0.0649. The molecule has 2 aromatic rings. The van der Waals surface area contributed by atoms with Crippen LogP contribution in [0.4, 0.5) is 0 Å². The number of aromatic nitrogens is 2. The van der Waals surface area contributed by atoms with Gasteiger partial charge in [-0.2, -0.15) is 0 Å².